The van der Waals surface area contributed by atoms with Crippen molar-refractivity contribution in [1.29, 1.82) is 0 Å². The smallest absolute Gasteiger partial charge is 0.379 e. The predicted octanol–water partition coefficient (Wildman–Crippen LogP) is 2.72. The Balaban J connectivity index is 1.93. The van der Waals surface area contributed by atoms with Gasteiger partial charge in [0.05, 0.1) is 6.61 Å². The third kappa shape index (κ3) is 3.83. The number of para-hydroxylation sites is 1. The second-order valence-electron chi connectivity index (χ2n) is 4.42. The van der Waals surface area contributed by atoms with Crippen molar-refractivity contribution in [3.63, 3.8) is 0 Å². The number of benzene rings is 1. The summed E-state index contributed by atoms with van der Waals surface area (Å²) in [6.07, 6.45) is 3.65. The van der Waals surface area contributed by atoms with Crippen LogP contribution in [0.1, 0.15) is 25.7 Å². The van der Waals surface area contributed by atoms with Gasteiger partial charge in [0.1, 0.15) is 5.58 Å². The molecule has 4 nitrogen and oxygen atoms in total. The van der Waals surface area contributed by atoms with Gasteiger partial charge in [-0.25, -0.2) is 4.79 Å². The molecule has 2 rings (SSSR count). The van der Waals surface area contributed by atoms with Crippen molar-refractivity contribution in [3.05, 3.63) is 40.8 Å². The van der Waals surface area contributed by atoms with Crippen molar-refractivity contribution in [1.82, 2.24) is 0 Å². The Morgan fingerprint density at radius 2 is 1.89 bits per heavy atom. The summed E-state index contributed by atoms with van der Waals surface area (Å²) in [6.45, 7) is 0.726. The van der Waals surface area contributed by atoms with Crippen molar-refractivity contribution in [2.45, 2.75) is 25.7 Å². The third-order valence-electron chi connectivity index (χ3n) is 2.92. The van der Waals surface area contributed by atoms with E-state index in [0.29, 0.717) is 12.2 Å². The zero-order valence-electron chi connectivity index (χ0n) is 10.8. The van der Waals surface area contributed by atoms with E-state index in [4.69, 9.17) is 14.3 Å². The highest BCUT2D eigenvalue weighted by molar-refractivity contribution is 5.77. The number of hydrogen-bond donors (Lipinski definition) is 1. The minimum Gasteiger partial charge on any atom is -0.487 e. The summed E-state index contributed by atoms with van der Waals surface area (Å²) < 4.78 is 10.6. The van der Waals surface area contributed by atoms with Crippen LogP contribution in [0.25, 0.3) is 11.0 Å². The highest BCUT2D eigenvalue weighted by Crippen LogP contribution is 2.16. The molecule has 0 atom stereocenters. The Bertz CT molecular complexity index is 574. The lowest BCUT2D eigenvalue weighted by Crippen LogP contribution is -2.08. The first-order valence-electron chi connectivity index (χ1n) is 6.58. The quantitative estimate of drug-likeness (QED) is 0.615. The maximum Gasteiger partial charge on any atom is 0.379 e. The SMILES string of the molecule is O=c1oc2ccccc2cc1OCCCCCCO. The zero-order valence-corrected chi connectivity index (χ0v) is 10.8. The average Bonchev–Trinajstić information content (AvgIpc) is 2.43. The minimum atomic E-state index is -0.436. The number of unbranched alkanes of at least 4 members (excludes halogenated alkanes) is 3. The molecular formula is C15H18O4. The van der Waals surface area contributed by atoms with Crippen LogP contribution in [0.3, 0.4) is 0 Å². The molecule has 0 radical (unpaired) electrons. The topological polar surface area (TPSA) is 59.7 Å². The van der Waals surface area contributed by atoms with Crippen LogP contribution in [0.15, 0.2) is 39.5 Å². The summed E-state index contributed by atoms with van der Waals surface area (Å²) in [4.78, 5) is 11.7. The van der Waals surface area contributed by atoms with Gasteiger partial charge in [-0.05, 0) is 31.4 Å². The van der Waals surface area contributed by atoms with Gasteiger partial charge in [0.15, 0.2) is 0 Å². The molecule has 1 aromatic carbocycles. The van der Waals surface area contributed by atoms with Gasteiger partial charge in [-0.3, -0.25) is 0 Å². The van der Waals surface area contributed by atoms with E-state index in [2.05, 4.69) is 0 Å². The summed E-state index contributed by atoms with van der Waals surface area (Å²) in [5.74, 6) is 0.265. The molecular weight excluding hydrogens is 244 g/mol. The number of aliphatic hydroxyl groups is 1. The molecule has 0 saturated carbocycles. The number of aliphatic hydroxyl groups excluding tert-OH is 1. The summed E-state index contributed by atoms with van der Waals surface area (Å²) in [6, 6.07) is 9.07. The highest BCUT2D eigenvalue weighted by Gasteiger charge is 2.05. The first-order valence-corrected chi connectivity index (χ1v) is 6.58. The van der Waals surface area contributed by atoms with Gasteiger partial charge in [0.25, 0.3) is 0 Å². The van der Waals surface area contributed by atoms with Crippen LogP contribution in [0.2, 0.25) is 0 Å². The molecule has 0 aliphatic carbocycles. The average molecular weight is 262 g/mol. The standard InChI is InChI=1S/C15H18O4/c16-9-5-1-2-6-10-18-14-11-12-7-3-4-8-13(12)19-15(14)17/h3-4,7-8,11,16H,1-2,5-6,9-10H2. The van der Waals surface area contributed by atoms with Gasteiger partial charge in [0.2, 0.25) is 5.75 Å². The van der Waals surface area contributed by atoms with Gasteiger partial charge in [-0.15, -0.1) is 0 Å². The fourth-order valence-corrected chi connectivity index (χ4v) is 1.89. The second kappa shape index (κ2) is 6.95. The van der Waals surface area contributed by atoms with E-state index in [1.54, 1.807) is 12.1 Å². The Kier molecular flexibility index (Phi) is 4.98. The number of fused-ring (bicyclic) bond motifs is 1. The van der Waals surface area contributed by atoms with Crippen molar-refractivity contribution in [3.8, 4) is 5.75 Å². The first-order chi connectivity index (χ1) is 9.31. The van der Waals surface area contributed by atoms with Crippen LogP contribution in [0, 0.1) is 0 Å². The van der Waals surface area contributed by atoms with Gasteiger partial charge in [-0.1, -0.05) is 24.6 Å². The van der Waals surface area contributed by atoms with E-state index in [1.807, 2.05) is 18.2 Å². The molecule has 102 valence electrons. The van der Waals surface area contributed by atoms with Gasteiger partial charge in [0, 0.05) is 12.0 Å². The number of ether oxygens (including phenoxy) is 1. The lowest BCUT2D eigenvalue weighted by Gasteiger charge is -2.05. The molecule has 0 spiro atoms. The van der Waals surface area contributed by atoms with Crippen molar-refractivity contribution < 1.29 is 14.3 Å². The van der Waals surface area contributed by atoms with E-state index < -0.39 is 5.63 Å². The Labute approximate surface area is 111 Å². The number of hydrogen-bond acceptors (Lipinski definition) is 4. The molecule has 0 bridgehead atoms. The maximum atomic E-state index is 11.7. The summed E-state index contributed by atoms with van der Waals surface area (Å²) >= 11 is 0. The molecule has 0 amide bonds. The summed E-state index contributed by atoms with van der Waals surface area (Å²) in [5.41, 5.74) is 0.136. The first kappa shape index (κ1) is 13.6. The molecule has 2 aromatic rings. The lowest BCUT2D eigenvalue weighted by molar-refractivity contribution is 0.270. The van der Waals surface area contributed by atoms with Crippen molar-refractivity contribution in [2.75, 3.05) is 13.2 Å². The van der Waals surface area contributed by atoms with Crippen LogP contribution in [-0.4, -0.2) is 18.3 Å². The molecule has 0 saturated heterocycles. The molecule has 0 aliphatic heterocycles. The molecule has 1 N–H and O–H groups in total. The maximum absolute atomic E-state index is 11.7. The van der Waals surface area contributed by atoms with Crippen LogP contribution in [-0.2, 0) is 0 Å². The van der Waals surface area contributed by atoms with E-state index >= 15 is 0 Å². The molecule has 19 heavy (non-hydrogen) atoms. The largest absolute Gasteiger partial charge is 0.487 e. The Hall–Kier alpha value is -1.81. The zero-order chi connectivity index (χ0) is 13.5. The van der Waals surface area contributed by atoms with Crippen LogP contribution >= 0.6 is 0 Å². The Morgan fingerprint density at radius 1 is 1.11 bits per heavy atom. The molecule has 4 heteroatoms. The molecule has 0 unspecified atom stereocenters. The van der Waals surface area contributed by atoms with E-state index in [0.717, 1.165) is 31.1 Å². The highest BCUT2D eigenvalue weighted by atomic mass is 16.5. The van der Waals surface area contributed by atoms with Gasteiger partial charge < -0.3 is 14.3 Å². The van der Waals surface area contributed by atoms with Crippen LogP contribution in [0.5, 0.6) is 5.75 Å². The Morgan fingerprint density at radius 3 is 2.74 bits per heavy atom. The molecule has 1 aromatic heterocycles. The van der Waals surface area contributed by atoms with E-state index in [1.165, 1.54) is 0 Å². The number of rotatable bonds is 7. The van der Waals surface area contributed by atoms with E-state index in [-0.39, 0.29) is 12.4 Å². The second-order valence-corrected chi connectivity index (χ2v) is 4.42. The van der Waals surface area contributed by atoms with Gasteiger partial charge >= 0.3 is 5.63 Å². The van der Waals surface area contributed by atoms with Gasteiger partial charge in [-0.2, -0.15) is 0 Å². The molecule has 0 fully saturated rings. The third-order valence-corrected chi connectivity index (χ3v) is 2.92. The summed E-state index contributed by atoms with van der Waals surface area (Å²) in [5, 5.41) is 9.51. The van der Waals surface area contributed by atoms with Crippen LogP contribution < -0.4 is 10.4 Å². The molecule has 0 aliphatic rings. The summed E-state index contributed by atoms with van der Waals surface area (Å²) in [7, 11) is 0. The monoisotopic (exact) mass is 262 g/mol. The predicted molar refractivity (Wildman–Crippen MR) is 73.5 cm³/mol. The van der Waals surface area contributed by atoms with Crippen molar-refractivity contribution in [2.24, 2.45) is 0 Å². The van der Waals surface area contributed by atoms with E-state index in [9.17, 15) is 4.79 Å². The minimum absolute atomic E-state index is 0.231. The molecule has 1 heterocycles. The normalized spacial score (nSPS) is 10.8. The fraction of sp³-hybridized carbons (Fsp3) is 0.400. The van der Waals surface area contributed by atoms with Crippen molar-refractivity contribution >= 4 is 11.0 Å². The fourth-order valence-electron chi connectivity index (χ4n) is 1.89. The van der Waals surface area contributed by atoms with Crippen LogP contribution in [0.4, 0.5) is 0 Å². The lowest BCUT2D eigenvalue weighted by atomic mass is 10.2.